The molecular weight excluding hydrogens is 421 g/mol. The van der Waals surface area contributed by atoms with Gasteiger partial charge in [-0.3, -0.25) is 4.79 Å². The topological polar surface area (TPSA) is 81.1 Å². The lowest BCUT2D eigenvalue weighted by atomic mass is 10.1. The Morgan fingerprint density at radius 3 is 2.25 bits per heavy atom. The van der Waals surface area contributed by atoms with E-state index in [0.29, 0.717) is 32.8 Å². The van der Waals surface area contributed by atoms with Gasteiger partial charge in [-0.2, -0.15) is 5.10 Å². The van der Waals surface area contributed by atoms with Gasteiger partial charge in [0.15, 0.2) is 9.84 Å². The SMILES string of the molecule is O=C(Cc1ccc(Cl)cc1)Nc1c2c(nn1-c1ccc(Cl)cc1)CS(=O)(=O)C2. The number of sulfone groups is 1. The molecule has 1 aliphatic heterocycles. The van der Waals surface area contributed by atoms with E-state index < -0.39 is 9.84 Å². The normalized spacial score (nSPS) is 14.6. The molecule has 0 radical (unpaired) electrons. The second-order valence-corrected chi connectivity index (χ2v) is 9.48. The van der Waals surface area contributed by atoms with Crippen LogP contribution in [0.25, 0.3) is 5.69 Å². The maximum atomic E-state index is 12.6. The molecule has 0 unspecified atom stereocenters. The summed E-state index contributed by atoms with van der Waals surface area (Å²) >= 11 is 11.8. The number of nitrogens with zero attached hydrogens (tertiary/aromatic N) is 2. The van der Waals surface area contributed by atoms with E-state index >= 15 is 0 Å². The first-order chi connectivity index (χ1) is 13.3. The van der Waals surface area contributed by atoms with Crippen molar-refractivity contribution in [3.05, 3.63) is 75.4 Å². The summed E-state index contributed by atoms with van der Waals surface area (Å²) in [6, 6.07) is 13.9. The second-order valence-electron chi connectivity index (χ2n) is 6.55. The van der Waals surface area contributed by atoms with Gasteiger partial charge in [-0.05, 0) is 42.0 Å². The highest BCUT2D eigenvalue weighted by Gasteiger charge is 2.33. The molecule has 28 heavy (non-hydrogen) atoms. The molecule has 0 atom stereocenters. The van der Waals surface area contributed by atoms with Gasteiger partial charge in [0.2, 0.25) is 5.91 Å². The number of hydrogen-bond donors (Lipinski definition) is 1. The summed E-state index contributed by atoms with van der Waals surface area (Å²) in [7, 11) is -3.25. The van der Waals surface area contributed by atoms with Crippen LogP contribution < -0.4 is 5.32 Å². The van der Waals surface area contributed by atoms with Crippen LogP contribution in [0.15, 0.2) is 48.5 Å². The van der Waals surface area contributed by atoms with Gasteiger partial charge >= 0.3 is 0 Å². The monoisotopic (exact) mass is 435 g/mol. The number of halogens is 2. The third-order valence-electron chi connectivity index (χ3n) is 4.39. The van der Waals surface area contributed by atoms with E-state index in [4.69, 9.17) is 23.2 Å². The van der Waals surface area contributed by atoms with Gasteiger partial charge in [0.1, 0.15) is 5.82 Å². The van der Waals surface area contributed by atoms with E-state index in [0.717, 1.165) is 5.56 Å². The Morgan fingerprint density at radius 1 is 1.00 bits per heavy atom. The Bertz CT molecular complexity index is 1150. The van der Waals surface area contributed by atoms with Crippen LogP contribution in [-0.2, 0) is 32.6 Å². The summed E-state index contributed by atoms with van der Waals surface area (Å²) in [6.45, 7) is 0. The van der Waals surface area contributed by atoms with Crippen molar-refractivity contribution in [3.8, 4) is 5.69 Å². The first-order valence-electron chi connectivity index (χ1n) is 8.42. The lowest BCUT2D eigenvalue weighted by Gasteiger charge is -2.11. The number of amides is 1. The number of carbonyl (C=O) groups excluding carboxylic acids is 1. The molecule has 2 heterocycles. The van der Waals surface area contributed by atoms with Gasteiger partial charge in [-0.15, -0.1) is 0 Å². The van der Waals surface area contributed by atoms with Crippen molar-refractivity contribution >= 4 is 44.8 Å². The fourth-order valence-electron chi connectivity index (χ4n) is 3.10. The molecule has 0 spiro atoms. The number of anilines is 1. The van der Waals surface area contributed by atoms with Gasteiger partial charge in [0.05, 0.1) is 29.3 Å². The molecule has 1 aromatic heterocycles. The van der Waals surface area contributed by atoms with Crippen LogP contribution in [0.5, 0.6) is 0 Å². The molecule has 0 fully saturated rings. The highest BCUT2D eigenvalue weighted by atomic mass is 35.5. The number of rotatable bonds is 4. The van der Waals surface area contributed by atoms with Crippen molar-refractivity contribution in [1.29, 1.82) is 0 Å². The minimum atomic E-state index is -3.25. The molecule has 2 aromatic carbocycles. The summed E-state index contributed by atoms with van der Waals surface area (Å²) in [5.74, 6) is -0.183. The van der Waals surface area contributed by atoms with Crippen LogP contribution in [-0.4, -0.2) is 24.1 Å². The molecule has 1 aliphatic rings. The van der Waals surface area contributed by atoms with E-state index in [-0.39, 0.29) is 23.8 Å². The molecule has 9 heteroatoms. The van der Waals surface area contributed by atoms with Crippen molar-refractivity contribution in [2.75, 3.05) is 5.32 Å². The molecule has 3 aromatic rings. The maximum absolute atomic E-state index is 12.6. The smallest absolute Gasteiger partial charge is 0.229 e. The summed E-state index contributed by atoms with van der Waals surface area (Å²) in [4.78, 5) is 12.6. The van der Waals surface area contributed by atoms with Gasteiger partial charge in [-0.25, -0.2) is 13.1 Å². The summed E-state index contributed by atoms with van der Waals surface area (Å²) in [5, 5.41) is 8.42. The lowest BCUT2D eigenvalue weighted by molar-refractivity contribution is -0.115. The van der Waals surface area contributed by atoms with E-state index in [2.05, 4.69) is 10.4 Å². The molecular formula is C19H15Cl2N3O3S. The van der Waals surface area contributed by atoms with Crippen LogP contribution in [0.4, 0.5) is 5.82 Å². The van der Waals surface area contributed by atoms with Crippen molar-refractivity contribution in [2.24, 2.45) is 0 Å². The summed E-state index contributed by atoms with van der Waals surface area (Å²) in [5.41, 5.74) is 2.46. The number of fused-ring (bicyclic) bond motifs is 1. The van der Waals surface area contributed by atoms with E-state index in [1.165, 1.54) is 0 Å². The number of benzene rings is 2. The Balaban J connectivity index is 1.67. The van der Waals surface area contributed by atoms with Gasteiger partial charge in [0.25, 0.3) is 0 Å². The van der Waals surface area contributed by atoms with E-state index in [1.54, 1.807) is 53.2 Å². The number of carbonyl (C=O) groups is 1. The fraction of sp³-hybridized carbons (Fsp3) is 0.158. The zero-order chi connectivity index (χ0) is 19.9. The Hall–Kier alpha value is -2.35. The molecule has 0 saturated carbocycles. The molecule has 0 aliphatic carbocycles. The van der Waals surface area contributed by atoms with Gasteiger partial charge in [-0.1, -0.05) is 35.3 Å². The van der Waals surface area contributed by atoms with Crippen molar-refractivity contribution in [3.63, 3.8) is 0 Å². The highest BCUT2D eigenvalue weighted by molar-refractivity contribution is 7.90. The summed E-state index contributed by atoms with van der Waals surface area (Å²) in [6.07, 6.45) is 0.129. The van der Waals surface area contributed by atoms with Crippen LogP contribution in [0.2, 0.25) is 10.0 Å². The minimum Gasteiger partial charge on any atom is -0.310 e. The van der Waals surface area contributed by atoms with E-state index in [9.17, 15) is 13.2 Å². The predicted octanol–water partition coefficient (Wildman–Crippen LogP) is 3.79. The molecule has 0 saturated heterocycles. The van der Waals surface area contributed by atoms with Crippen molar-refractivity contribution in [1.82, 2.24) is 9.78 Å². The molecule has 4 rings (SSSR count). The third kappa shape index (κ3) is 3.92. The van der Waals surface area contributed by atoms with Crippen LogP contribution in [0.1, 0.15) is 16.8 Å². The summed E-state index contributed by atoms with van der Waals surface area (Å²) < 4.78 is 25.6. The van der Waals surface area contributed by atoms with Crippen LogP contribution >= 0.6 is 23.2 Å². The Morgan fingerprint density at radius 2 is 1.61 bits per heavy atom. The highest BCUT2D eigenvalue weighted by Crippen LogP contribution is 2.33. The van der Waals surface area contributed by atoms with Crippen molar-refractivity contribution < 1.29 is 13.2 Å². The number of hydrogen-bond acceptors (Lipinski definition) is 4. The first-order valence-corrected chi connectivity index (χ1v) is 11.0. The lowest BCUT2D eigenvalue weighted by Crippen LogP contribution is -2.18. The first kappa shape index (κ1) is 19.0. The van der Waals surface area contributed by atoms with Crippen molar-refractivity contribution in [2.45, 2.75) is 17.9 Å². The number of aromatic nitrogens is 2. The number of nitrogens with one attached hydrogen (secondary N) is 1. The zero-order valence-electron chi connectivity index (χ0n) is 14.5. The molecule has 1 amide bonds. The zero-order valence-corrected chi connectivity index (χ0v) is 16.9. The Labute approximate surface area is 172 Å². The third-order valence-corrected chi connectivity index (χ3v) is 6.34. The average molecular weight is 436 g/mol. The predicted molar refractivity (Wildman–Crippen MR) is 109 cm³/mol. The fourth-order valence-corrected chi connectivity index (χ4v) is 4.85. The molecule has 0 bridgehead atoms. The molecule has 1 N–H and O–H groups in total. The quantitative estimate of drug-likeness (QED) is 0.675. The van der Waals surface area contributed by atoms with Gasteiger partial charge in [0, 0.05) is 15.6 Å². The van der Waals surface area contributed by atoms with Crippen LogP contribution in [0, 0.1) is 0 Å². The minimum absolute atomic E-state index is 0.129. The molecule has 144 valence electrons. The largest absolute Gasteiger partial charge is 0.310 e. The Kier molecular flexibility index (Phi) is 4.91. The second kappa shape index (κ2) is 7.24. The van der Waals surface area contributed by atoms with Gasteiger partial charge < -0.3 is 5.32 Å². The van der Waals surface area contributed by atoms with Crippen LogP contribution in [0.3, 0.4) is 0 Å². The standard InChI is InChI=1S/C19H15Cl2N3O3S/c20-13-3-1-12(2-4-13)9-18(25)22-19-16-10-28(26,27)11-17(16)23-24(19)15-7-5-14(21)6-8-15/h1-8H,9-11H2,(H,22,25). The average Bonchev–Trinajstić information content (AvgIpc) is 3.10. The maximum Gasteiger partial charge on any atom is 0.229 e. The molecule has 6 nitrogen and oxygen atoms in total. The van der Waals surface area contributed by atoms with E-state index in [1.807, 2.05) is 0 Å².